The Morgan fingerprint density at radius 3 is 2.50 bits per heavy atom. The fourth-order valence-electron chi connectivity index (χ4n) is 1.41. The van der Waals surface area contributed by atoms with E-state index in [0.29, 0.717) is 6.54 Å². The first-order valence-corrected chi connectivity index (χ1v) is 4.65. The van der Waals surface area contributed by atoms with E-state index in [2.05, 4.69) is 5.32 Å². The summed E-state index contributed by atoms with van der Waals surface area (Å²) >= 11 is 0. The number of amides is 2. The summed E-state index contributed by atoms with van der Waals surface area (Å²) in [5.74, 6) is -0.346. The highest BCUT2D eigenvalue weighted by molar-refractivity contribution is 6.01. The molecule has 5 heteroatoms. The zero-order chi connectivity index (χ0) is 10.6. The normalized spacial score (nSPS) is 18.4. The Morgan fingerprint density at radius 2 is 2.07 bits per heavy atom. The highest BCUT2D eigenvalue weighted by Gasteiger charge is 2.30. The summed E-state index contributed by atoms with van der Waals surface area (Å²) in [4.78, 5) is 23.6. The van der Waals surface area contributed by atoms with Gasteiger partial charge in [-0.3, -0.25) is 14.5 Å². The lowest BCUT2D eigenvalue weighted by atomic mass is 10.3. The predicted molar refractivity (Wildman–Crippen MR) is 49.0 cm³/mol. The monoisotopic (exact) mass is 195 g/mol. The van der Waals surface area contributed by atoms with Crippen molar-refractivity contribution in [3.8, 4) is 6.07 Å². The maximum atomic E-state index is 11.2. The van der Waals surface area contributed by atoms with Crippen molar-refractivity contribution in [2.24, 2.45) is 0 Å². The first-order chi connectivity index (χ1) is 6.69. The molecular formula is C9H13N3O2. The summed E-state index contributed by atoms with van der Waals surface area (Å²) in [6.07, 6.45) is 0.562. The number of likely N-dealkylation sites (tertiary alicyclic amines) is 1. The number of carbonyl (C=O) groups excluding carboxylic acids is 2. The zero-order valence-corrected chi connectivity index (χ0v) is 8.12. The van der Waals surface area contributed by atoms with Crippen LogP contribution in [0.5, 0.6) is 0 Å². The van der Waals surface area contributed by atoms with Gasteiger partial charge in [0.25, 0.3) is 0 Å². The number of nitriles is 1. The van der Waals surface area contributed by atoms with E-state index in [1.54, 1.807) is 0 Å². The maximum absolute atomic E-state index is 11.2. The molecule has 0 aromatic rings. The van der Waals surface area contributed by atoms with E-state index >= 15 is 0 Å². The van der Waals surface area contributed by atoms with E-state index in [1.165, 1.54) is 0 Å². The van der Waals surface area contributed by atoms with Crippen LogP contribution in [0.15, 0.2) is 0 Å². The molecule has 2 amide bonds. The van der Waals surface area contributed by atoms with E-state index in [4.69, 9.17) is 5.26 Å². The minimum atomic E-state index is -0.453. The first-order valence-electron chi connectivity index (χ1n) is 4.65. The van der Waals surface area contributed by atoms with Crippen LogP contribution in [0.3, 0.4) is 0 Å². The number of likely N-dealkylation sites (N-methyl/N-ethyl adjacent to an activating group) is 1. The average molecular weight is 195 g/mol. The molecule has 76 valence electrons. The Kier molecular flexibility index (Phi) is 3.60. The lowest BCUT2D eigenvalue weighted by Crippen LogP contribution is -2.42. The van der Waals surface area contributed by atoms with Crippen LogP contribution < -0.4 is 5.32 Å². The third-order valence-electron chi connectivity index (χ3n) is 2.13. The molecule has 0 radical (unpaired) electrons. The lowest BCUT2D eigenvalue weighted by Gasteiger charge is -2.17. The predicted octanol–water partition coefficient (Wildman–Crippen LogP) is -0.363. The molecule has 1 atom stereocenters. The summed E-state index contributed by atoms with van der Waals surface area (Å²) in [5, 5.41) is 11.6. The average Bonchev–Trinajstić information content (AvgIpc) is 2.48. The van der Waals surface area contributed by atoms with Gasteiger partial charge in [0.2, 0.25) is 11.8 Å². The highest BCUT2D eigenvalue weighted by Crippen LogP contribution is 2.11. The van der Waals surface area contributed by atoms with Crippen molar-refractivity contribution in [2.45, 2.75) is 25.8 Å². The summed E-state index contributed by atoms with van der Waals surface area (Å²) in [7, 11) is 0. The second-order valence-corrected chi connectivity index (χ2v) is 3.14. The van der Waals surface area contributed by atoms with Crippen molar-refractivity contribution in [1.82, 2.24) is 10.2 Å². The maximum Gasteiger partial charge on any atom is 0.229 e. The molecule has 0 aromatic heterocycles. The van der Waals surface area contributed by atoms with Crippen molar-refractivity contribution in [2.75, 3.05) is 13.1 Å². The van der Waals surface area contributed by atoms with Gasteiger partial charge in [-0.2, -0.15) is 5.26 Å². The fourth-order valence-corrected chi connectivity index (χ4v) is 1.41. The van der Waals surface area contributed by atoms with Crippen LogP contribution in [0.2, 0.25) is 0 Å². The van der Waals surface area contributed by atoms with Crippen molar-refractivity contribution >= 4 is 11.8 Å². The van der Waals surface area contributed by atoms with Crippen LogP contribution in [0, 0.1) is 11.3 Å². The number of rotatable bonds is 4. The molecule has 0 aliphatic carbocycles. The number of imide groups is 1. The molecule has 14 heavy (non-hydrogen) atoms. The molecule has 0 saturated carbocycles. The summed E-state index contributed by atoms with van der Waals surface area (Å²) in [6, 6.07) is 1.56. The Morgan fingerprint density at radius 1 is 1.50 bits per heavy atom. The minimum Gasteiger partial charge on any atom is -0.301 e. The molecule has 0 aromatic carbocycles. The van der Waals surface area contributed by atoms with Crippen LogP contribution in [-0.4, -0.2) is 35.8 Å². The van der Waals surface area contributed by atoms with Crippen molar-refractivity contribution in [3.63, 3.8) is 0 Å². The van der Waals surface area contributed by atoms with E-state index in [1.807, 2.05) is 13.0 Å². The number of hydrogen-bond donors (Lipinski definition) is 1. The first kappa shape index (κ1) is 10.7. The van der Waals surface area contributed by atoms with Gasteiger partial charge in [-0.1, -0.05) is 6.92 Å². The number of nitrogens with zero attached hydrogens (tertiary/aromatic N) is 2. The van der Waals surface area contributed by atoms with Gasteiger partial charge in [-0.05, 0) is 6.54 Å². The van der Waals surface area contributed by atoms with Gasteiger partial charge in [0.15, 0.2) is 0 Å². The van der Waals surface area contributed by atoms with Crippen LogP contribution in [0.25, 0.3) is 0 Å². The minimum absolute atomic E-state index is 0.169. The number of hydrogen-bond acceptors (Lipinski definition) is 4. The molecule has 1 fully saturated rings. The third-order valence-corrected chi connectivity index (χ3v) is 2.13. The number of nitrogens with one attached hydrogen (secondary N) is 1. The second kappa shape index (κ2) is 4.72. The molecule has 1 N–H and O–H groups in total. The SMILES string of the molecule is CCNC(C#N)CN1C(=O)CCC1=O. The second-order valence-electron chi connectivity index (χ2n) is 3.14. The van der Waals surface area contributed by atoms with Crippen LogP contribution in [-0.2, 0) is 9.59 Å². The third kappa shape index (κ3) is 2.30. The highest BCUT2D eigenvalue weighted by atomic mass is 16.2. The van der Waals surface area contributed by atoms with Crippen LogP contribution in [0.4, 0.5) is 0 Å². The molecule has 0 bridgehead atoms. The summed E-state index contributed by atoms with van der Waals surface area (Å²) < 4.78 is 0. The van der Waals surface area contributed by atoms with Gasteiger partial charge in [0, 0.05) is 12.8 Å². The molecule has 5 nitrogen and oxygen atoms in total. The smallest absolute Gasteiger partial charge is 0.229 e. The van der Waals surface area contributed by atoms with Crippen LogP contribution >= 0.6 is 0 Å². The Balaban J connectivity index is 2.53. The molecular weight excluding hydrogens is 182 g/mol. The van der Waals surface area contributed by atoms with E-state index in [0.717, 1.165) is 4.90 Å². The van der Waals surface area contributed by atoms with Gasteiger partial charge in [-0.15, -0.1) is 0 Å². The van der Waals surface area contributed by atoms with Gasteiger partial charge < -0.3 is 5.32 Å². The molecule has 1 unspecified atom stereocenters. The molecule has 1 aliphatic rings. The Bertz CT molecular complexity index is 266. The van der Waals surface area contributed by atoms with E-state index in [9.17, 15) is 9.59 Å². The standard InChI is InChI=1S/C9H13N3O2/c1-2-11-7(5-10)6-12-8(13)3-4-9(12)14/h7,11H,2-4,6H2,1H3. The number of carbonyl (C=O) groups is 2. The molecule has 1 aliphatic heterocycles. The lowest BCUT2D eigenvalue weighted by molar-refractivity contribution is -0.138. The molecule has 1 heterocycles. The molecule has 1 saturated heterocycles. The van der Waals surface area contributed by atoms with Crippen molar-refractivity contribution in [3.05, 3.63) is 0 Å². The van der Waals surface area contributed by atoms with E-state index in [-0.39, 0.29) is 31.2 Å². The molecule has 0 spiro atoms. The van der Waals surface area contributed by atoms with Gasteiger partial charge in [0.1, 0.15) is 6.04 Å². The quantitative estimate of drug-likeness (QED) is 0.621. The Labute approximate surface area is 82.7 Å². The van der Waals surface area contributed by atoms with E-state index < -0.39 is 6.04 Å². The fraction of sp³-hybridized carbons (Fsp3) is 0.667. The van der Waals surface area contributed by atoms with Crippen molar-refractivity contribution in [1.29, 1.82) is 5.26 Å². The van der Waals surface area contributed by atoms with Gasteiger partial charge >= 0.3 is 0 Å². The van der Waals surface area contributed by atoms with Crippen LogP contribution in [0.1, 0.15) is 19.8 Å². The Hall–Kier alpha value is -1.41. The topological polar surface area (TPSA) is 73.2 Å². The summed E-state index contributed by atoms with van der Waals surface area (Å²) in [6.45, 7) is 2.69. The van der Waals surface area contributed by atoms with Gasteiger partial charge in [0.05, 0.1) is 12.6 Å². The largest absolute Gasteiger partial charge is 0.301 e. The zero-order valence-electron chi connectivity index (χ0n) is 8.12. The summed E-state index contributed by atoms with van der Waals surface area (Å²) in [5.41, 5.74) is 0. The molecule has 1 rings (SSSR count). The van der Waals surface area contributed by atoms with Gasteiger partial charge in [-0.25, -0.2) is 0 Å². The van der Waals surface area contributed by atoms with Crippen molar-refractivity contribution < 1.29 is 9.59 Å².